The fraction of sp³-hybridized carbons (Fsp3) is 0.400. The molecule has 1 aliphatic rings. The minimum Gasteiger partial charge on any atom is -0.297 e. The molecule has 22 heavy (non-hydrogen) atoms. The van der Waals surface area contributed by atoms with Gasteiger partial charge in [0.2, 0.25) is 0 Å². The van der Waals surface area contributed by atoms with Gasteiger partial charge in [-0.3, -0.25) is 9.29 Å². The third-order valence-corrected chi connectivity index (χ3v) is 4.83. The van der Waals surface area contributed by atoms with Gasteiger partial charge in [0.25, 0.3) is 0 Å². The van der Waals surface area contributed by atoms with Crippen molar-refractivity contribution >= 4 is 0 Å². The molecule has 1 nitrogen and oxygen atoms in total. The van der Waals surface area contributed by atoms with Crippen LogP contribution < -0.4 is 0 Å². The predicted molar refractivity (Wildman–Crippen MR) is 89.8 cm³/mol. The first kappa shape index (κ1) is 15.2. The van der Waals surface area contributed by atoms with Gasteiger partial charge in [0.05, 0.1) is 6.67 Å². The molecular weight excluding hydrogens is 273 g/mol. The second-order valence-corrected chi connectivity index (χ2v) is 6.33. The molecule has 0 saturated carbocycles. The monoisotopic (exact) mass is 297 g/mol. The molecule has 3 rings (SSSR count). The lowest BCUT2D eigenvalue weighted by Gasteiger charge is -2.54. The third kappa shape index (κ3) is 3.38. The molecule has 0 radical (unpaired) electrons. The van der Waals surface area contributed by atoms with Crippen molar-refractivity contribution in [2.75, 3.05) is 19.8 Å². The number of hydrogen-bond donors (Lipinski definition) is 0. The molecule has 0 amide bonds. The van der Waals surface area contributed by atoms with Gasteiger partial charge >= 0.3 is 0 Å². The normalized spacial score (nSPS) is 17.1. The Labute approximate surface area is 132 Å². The van der Waals surface area contributed by atoms with Crippen molar-refractivity contribution in [3.05, 3.63) is 71.8 Å². The van der Waals surface area contributed by atoms with Crippen LogP contribution in [0.4, 0.5) is 4.39 Å². The lowest BCUT2D eigenvalue weighted by atomic mass is 9.74. The average molecular weight is 297 g/mol. The molecular formula is C20H24FN. The zero-order valence-electron chi connectivity index (χ0n) is 13.0. The van der Waals surface area contributed by atoms with E-state index in [1.165, 1.54) is 17.5 Å². The molecule has 0 N–H and O–H groups in total. The van der Waals surface area contributed by atoms with Crippen LogP contribution in [0.2, 0.25) is 0 Å². The summed E-state index contributed by atoms with van der Waals surface area (Å²) in [5.74, 6) is 0. The van der Waals surface area contributed by atoms with Gasteiger partial charge in [0, 0.05) is 18.6 Å². The molecule has 1 fully saturated rings. The number of hydrogen-bond acceptors (Lipinski definition) is 1. The Hall–Kier alpha value is -1.67. The van der Waals surface area contributed by atoms with E-state index in [0.29, 0.717) is 6.42 Å². The highest BCUT2D eigenvalue weighted by molar-refractivity contribution is 5.25. The number of halogens is 1. The molecule has 1 saturated heterocycles. The van der Waals surface area contributed by atoms with Crippen molar-refractivity contribution in [1.29, 1.82) is 0 Å². The minimum atomic E-state index is -0.219. The van der Waals surface area contributed by atoms with E-state index in [9.17, 15) is 4.39 Å². The van der Waals surface area contributed by atoms with Gasteiger partial charge in [-0.15, -0.1) is 0 Å². The van der Waals surface area contributed by atoms with Crippen molar-refractivity contribution in [3.8, 4) is 0 Å². The summed E-state index contributed by atoms with van der Waals surface area (Å²) in [6.45, 7) is 1.75. The molecule has 2 heteroatoms. The summed E-state index contributed by atoms with van der Waals surface area (Å²) in [5.41, 5.74) is 2.92. The molecule has 0 aliphatic carbocycles. The smallest absolute Gasteiger partial charge is 0.0906 e. The molecule has 1 aliphatic heterocycles. The zero-order chi connectivity index (χ0) is 15.3. The van der Waals surface area contributed by atoms with E-state index in [1.54, 1.807) is 0 Å². The summed E-state index contributed by atoms with van der Waals surface area (Å²) in [6, 6.07) is 21.4. The van der Waals surface area contributed by atoms with Crippen LogP contribution in [0.15, 0.2) is 60.7 Å². The van der Waals surface area contributed by atoms with Gasteiger partial charge in [-0.1, -0.05) is 60.7 Å². The van der Waals surface area contributed by atoms with Crippen LogP contribution >= 0.6 is 0 Å². The predicted octanol–water partition coefficient (Wildman–Crippen LogP) is 4.28. The van der Waals surface area contributed by atoms with Crippen LogP contribution in [0.1, 0.15) is 24.0 Å². The number of rotatable bonds is 7. The highest BCUT2D eigenvalue weighted by Crippen LogP contribution is 2.37. The SMILES string of the molecule is FCCCN1CCC1(Cc1ccccc1)Cc1ccccc1. The quantitative estimate of drug-likeness (QED) is 0.737. The van der Waals surface area contributed by atoms with Gasteiger partial charge in [-0.05, 0) is 36.8 Å². The Kier molecular flexibility index (Phi) is 4.89. The van der Waals surface area contributed by atoms with E-state index in [2.05, 4.69) is 65.6 Å². The lowest BCUT2D eigenvalue weighted by molar-refractivity contribution is -0.0162. The molecule has 2 aromatic rings. The van der Waals surface area contributed by atoms with E-state index in [4.69, 9.17) is 0 Å². The third-order valence-electron chi connectivity index (χ3n) is 4.83. The molecule has 0 aromatic heterocycles. The van der Waals surface area contributed by atoms with E-state index >= 15 is 0 Å². The summed E-state index contributed by atoms with van der Waals surface area (Å²) < 4.78 is 12.6. The van der Waals surface area contributed by atoms with Gasteiger partial charge in [0.1, 0.15) is 0 Å². The Bertz CT molecular complexity index is 525. The second-order valence-electron chi connectivity index (χ2n) is 6.33. The molecule has 0 bridgehead atoms. The molecule has 0 spiro atoms. The Morgan fingerprint density at radius 3 is 1.82 bits per heavy atom. The van der Waals surface area contributed by atoms with Crippen molar-refractivity contribution in [3.63, 3.8) is 0 Å². The van der Waals surface area contributed by atoms with E-state index in [1.807, 2.05) is 0 Å². The highest BCUT2D eigenvalue weighted by Gasteiger charge is 2.43. The van der Waals surface area contributed by atoms with Crippen molar-refractivity contribution in [1.82, 2.24) is 4.90 Å². The highest BCUT2D eigenvalue weighted by atomic mass is 19.1. The summed E-state index contributed by atoms with van der Waals surface area (Å²) in [4.78, 5) is 2.49. The number of likely N-dealkylation sites (tertiary alicyclic amines) is 1. The standard InChI is InChI=1S/C20H24FN/c21-13-7-14-22-15-12-20(22,16-18-8-3-1-4-9-18)17-19-10-5-2-6-11-19/h1-6,8-11H,7,12-17H2. The van der Waals surface area contributed by atoms with Gasteiger partial charge < -0.3 is 0 Å². The molecule has 0 unspecified atom stereocenters. The number of nitrogens with zero attached hydrogens (tertiary/aromatic N) is 1. The molecule has 2 aromatic carbocycles. The van der Waals surface area contributed by atoms with E-state index in [-0.39, 0.29) is 12.2 Å². The lowest BCUT2D eigenvalue weighted by Crippen LogP contribution is -2.62. The van der Waals surface area contributed by atoms with Gasteiger partial charge in [-0.2, -0.15) is 0 Å². The van der Waals surface area contributed by atoms with Crippen LogP contribution in [0.25, 0.3) is 0 Å². The molecule has 0 atom stereocenters. The maximum absolute atomic E-state index is 12.6. The summed E-state index contributed by atoms with van der Waals surface area (Å²) in [5, 5.41) is 0. The average Bonchev–Trinajstić information content (AvgIpc) is 2.55. The summed E-state index contributed by atoms with van der Waals surface area (Å²) >= 11 is 0. The first-order valence-corrected chi connectivity index (χ1v) is 8.21. The first-order valence-electron chi connectivity index (χ1n) is 8.21. The second kappa shape index (κ2) is 7.06. The van der Waals surface area contributed by atoms with Crippen LogP contribution in [0, 0.1) is 0 Å². The largest absolute Gasteiger partial charge is 0.297 e. The van der Waals surface area contributed by atoms with Crippen molar-refractivity contribution in [2.24, 2.45) is 0 Å². The topological polar surface area (TPSA) is 3.24 Å². The van der Waals surface area contributed by atoms with E-state index < -0.39 is 0 Å². The maximum atomic E-state index is 12.6. The fourth-order valence-corrected chi connectivity index (χ4v) is 3.60. The Morgan fingerprint density at radius 2 is 1.41 bits per heavy atom. The Morgan fingerprint density at radius 1 is 0.864 bits per heavy atom. The number of alkyl halides is 1. The summed E-state index contributed by atoms with van der Waals surface area (Å²) in [7, 11) is 0. The van der Waals surface area contributed by atoms with Gasteiger partial charge in [0.15, 0.2) is 0 Å². The first-order chi connectivity index (χ1) is 10.8. The van der Waals surface area contributed by atoms with E-state index in [0.717, 1.165) is 25.9 Å². The minimum absolute atomic E-state index is 0.165. The van der Waals surface area contributed by atoms with Crippen molar-refractivity contribution < 1.29 is 4.39 Å². The van der Waals surface area contributed by atoms with Crippen LogP contribution in [-0.4, -0.2) is 30.2 Å². The Balaban J connectivity index is 1.79. The zero-order valence-corrected chi connectivity index (χ0v) is 13.0. The maximum Gasteiger partial charge on any atom is 0.0906 e. The van der Waals surface area contributed by atoms with Crippen LogP contribution in [0.5, 0.6) is 0 Å². The molecule has 116 valence electrons. The van der Waals surface area contributed by atoms with Crippen molar-refractivity contribution in [2.45, 2.75) is 31.2 Å². The number of benzene rings is 2. The fourth-order valence-electron chi connectivity index (χ4n) is 3.60. The van der Waals surface area contributed by atoms with Crippen LogP contribution in [0.3, 0.4) is 0 Å². The van der Waals surface area contributed by atoms with Gasteiger partial charge in [-0.25, -0.2) is 0 Å². The van der Waals surface area contributed by atoms with Crippen LogP contribution in [-0.2, 0) is 12.8 Å². The summed E-state index contributed by atoms with van der Waals surface area (Å²) in [6.07, 6.45) is 3.94. The molecule has 1 heterocycles.